The summed E-state index contributed by atoms with van der Waals surface area (Å²) < 4.78 is 5.63. The van der Waals surface area contributed by atoms with Gasteiger partial charge in [-0.15, -0.1) is 0 Å². The van der Waals surface area contributed by atoms with Crippen LogP contribution in [0.1, 0.15) is 18.2 Å². The van der Waals surface area contributed by atoms with Crippen molar-refractivity contribution in [3.8, 4) is 11.3 Å². The van der Waals surface area contributed by atoms with Crippen LogP contribution in [-0.2, 0) is 14.4 Å². The Hall–Kier alpha value is -4.80. The molecule has 0 saturated carbocycles. The fourth-order valence-electron chi connectivity index (χ4n) is 2.84. The van der Waals surface area contributed by atoms with Crippen molar-refractivity contribution in [3.05, 3.63) is 76.0 Å². The van der Waals surface area contributed by atoms with Gasteiger partial charge in [-0.3, -0.25) is 24.5 Å². The number of carbonyl (C=O) groups excluding carboxylic acids is 3. The van der Waals surface area contributed by atoms with Crippen LogP contribution in [0.4, 0.5) is 17.1 Å². The molecule has 11 nitrogen and oxygen atoms in total. The Morgan fingerprint density at radius 1 is 0.970 bits per heavy atom. The summed E-state index contributed by atoms with van der Waals surface area (Å²) in [6, 6.07) is 13.9. The third-order valence-electron chi connectivity index (χ3n) is 4.34. The average molecular weight is 449 g/mol. The molecule has 3 amide bonds. The first-order valence-electron chi connectivity index (χ1n) is 9.60. The maximum absolute atomic E-state index is 12.0. The van der Waals surface area contributed by atoms with Crippen LogP contribution in [0.2, 0.25) is 0 Å². The minimum atomic E-state index is -0.991. The number of hydrogen-bond acceptors (Lipinski definition) is 7. The number of hydrazone groups is 1. The number of nitro benzene ring substituents is 1. The molecule has 33 heavy (non-hydrogen) atoms. The highest BCUT2D eigenvalue weighted by Gasteiger charge is 2.14. The van der Waals surface area contributed by atoms with Crippen molar-refractivity contribution in [3.63, 3.8) is 0 Å². The molecule has 0 aliphatic carbocycles. The van der Waals surface area contributed by atoms with Gasteiger partial charge in [-0.05, 0) is 55.0 Å². The van der Waals surface area contributed by atoms with E-state index in [1.165, 1.54) is 37.4 Å². The van der Waals surface area contributed by atoms with Gasteiger partial charge in [-0.2, -0.15) is 5.10 Å². The van der Waals surface area contributed by atoms with Gasteiger partial charge in [0.1, 0.15) is 11.5 Å². The fourth-order valence-corrected chi connectivity index (χ4v) is 2.84. The molecule has 11 heteroatoms. The van der Waals surface area contributed by atoms with E-state index in [2.05, 4.69) is 21.2 Å². The number of benzene rings is 2. The molecule has 3 N–H and O–H groups in total. The topological polar surface area (TPSA) is 156 Å². The highest BCUT2D eigenvalue weighted by molar-refractivity contribution is 6.39. The van der Waals surface area contributed by atoms with Crippen LogP contribution >= 0.6 is 0 Å². The summed E-state index contributed by atoms with van der Waals surface area (Å²) in [5.41, 5.74) is 4.33. The molecule has 0 atom stereocenters. The summed E-state index contributed by atoms with van der Waals surface area (Å²) in [7, 11) is 0. The first kappa shape index (κ1) is 22.9. The lowest BCUT2D eigenvalue weighted by molar-refractivity contribution is -0.384. The highest BCUT2D eigenvalue weighted by atomic mass is 16.6. The number of rotatable bonds is 6. The zero-order chi connectivity index (χ0) is 24.0. The van der Waals surface area contributed by atoms with Crippen LogP contribution in [-0.4, -0.2) is 28.9 Å². The number of hydrogen-bond donors (Lipinski definition) is 3. The van der Waals surface area contributed by atoms with Crippen LogP contribution < -0.4 is 16.1 Å². The molecule has 1 aromatic heterocycles. The Balaban J connectivity index is 1.56. The van der Waals surface area contributed by atoms with Crippen molar-refractivity contribution in [1.29, 1.82) is 0 Å². The molecule has 1 heterocycles. The minimum Gasteiger partial charge on any atom is -0.455 e. The van der Waals surface area contributed by atoms with Gasteiger partial charge in [-0.25, -0.2) is 5.43 Å². The van der Waals surface area contributed by atoms with E-state index in [0.29, 0.717) is 34.0 Å². The quantitative estimate of drug-likeness (QED) is 0.227. The van der Waals surface area contributed by atoms with Gasteiger partial charge < -0.3 is 15.1 Å². The van der Waals surface area contributed by atoms with Gasteiger partial charge >= 0.3 is 11.8 Å². The van der Waals surface area contributed by atoms with Crippen molar-refractivity contribution in [2.75, 3.05) is 10.6 Å². The second-order valence-electron chi connectivity index (χ2n) is 6.87. The molecule has 3 rings (SSSR count). The number of anilines is 2. The van der Waals surface area contributed by atoms with Gasteiger partial charge in [0.15, 0.2) is 0 Å². The van der Waals surface area contributed by atoms with Crippen molar-refractivity contribution in [1.82, 2.24) is 5.43 Å². The van der Waals surface area contributed by atoms with Crippen LogP contribution in [0.5, 0.6) is 0 Å². The maximum atomic E-state index is 12.0. The third-order valence-corrected chi connectivity index (χ3v) is 4.34. The van der Waals surface area contributed by atoms with E-state index in [-0.39, 0.29) is 11.6 Å². The van der Waals surface area contributed by atoms with E-state index in [1.807, 2.05) is 0 Å². The molecular weight excluding hydrogens is 430 g/mol. The molecule has 0 spiro atoms. The lowest BCUT2D eigenvalue weighted by Crippen LogP contribution is -2.32. The number of furan rings is 1. The Kier molecular flexibility index (Phi) is 6.94. The zero-order valence-electron chi connectivity index (χ0n) is 17.6. The monoisotopic (exact) mass is 449 g/mol. The lowest BCUT2D eigenvalue weighted by atomic mass is 10.1. The van der Waals surface area contributed by atoms with Gasteiger partial charge in [0.25, 0.3) is 5.69 Å². The van der Waals surface area contributed by atoms with Crippen LogP contribution in [0, 0.1) is 17.0 Å². The summed E-state index contributed by atoms with van der Waals surface area (Å²) >= 11 is 0. The van der Waals surface area contributed by atoms with Crippen molar-refractivity contribution >= 4 is 41.0 Å². The van der Waals surface area contributed by atoms with Crippen molar-refractivity contribution in [2.24, 2.45) is 5.10 Å². The van der Waals surface area contributed by atoms with Gasteiger partial charge in [-0.1, -0.05) is 0 Å². The number of nitro groups is 1. The van der Waals surface area contributed by atoms with Crippen molar-refractivity contribution in [2.45, 2.75) is 13.8 Å². The van der Waals surface area contributed by atoms with E-state index in [9.17, 15) is 24.5 Å². The highest BCUT2D eigenvalue weighted by Crippen LogP contribution is 2.28. The summed E-state index contributed by atoms with van der Waals surface area (Å²) in [6.07, 6.45) is 1.22. The van der Waals surface area contributed by atoms with E-state index < -0.39 is 16.7 Å². The zero-order valence-corrected chi connectivity index (χ0v) is 17.6. The summed E-state index contributed by atoms with van der Waals surface area (Å²) in [5, 5.41) is 19.6. The summed E-state index contributed by atoms with van der Waals surface area (Å²) in [6.45, 7) is 3.10. The van der Waals surface area contributed by atoms with Crippen LogP contribution in [0.3, 0.4) is 0 Å². The van der Waals surface area contributed by atoms with Crippen LogP contribution in [0.15, 0.2) is 64.1 Å². The average Bonchev–Trinajstić information content (AvgIpc) is 3.23. The Morgan fingerprint density at radius 3 is 2.24 bits per heavy atom. The van der Waals surface area contributed by atoms with E-state index >= 15 is 0 Å². The molecule has 168 valence electrons. The molecule has 0 radical (unpaired) electrons. The molecule has 0 fully saturated rings. The predicted octanol–water partition coefficient (Wildman–Crippen LogP) is 3.21. The second kappa shape index (κ2) is 10.0. The molecule has 0 bridgehead atoms. The standard InChI is InChI=1S/C22H19N5O6/c1-13-11-17(27(31)32)7-9-19(13)20-10-8-18(33-20)12-23-26-22(30)21(29)25-16-5-3-15(4-6-16)24-14(2)28/h3-12H,1-2H3,(H,24,28)(H,25,29)(H,26,30). The molecule has 0 unspecified atom stereocenters. The number of nitrogens with zero attached hydrogens (tertiary/aromatic N) is 2. The smallest absolute Gasteiger partial charge is 0.329 e. The largest absolute Gasteiger partial charge is 0.455 e. The first-order chi connectivity index (χ1) is 15.7. The van der Waals surface area contributed by atoms with Gasteiger partial charge in [0, 0.05) is 36.0 Å². The predicted molar refractivity (Wildman–Crippen MR) is 121 cm³/mol. The Labute approximate surface area is 187 Å². The lowest BCUT2D eigenvalue weighted by Gasteiger charge is -2.06. The number of amides is 3. The molecule has 2 aromatic carbocycles. The van der Waals surface area contributed by atoms with Gasteiger partial charge in [0.05, 0.1) is 11.1 Å². The maximum Gasteiger partial charge on any atom is 0.329 e. The molecular formula is C22H19N5O6. The SMILES string of the molecule is CC(=O)Nc1ccc(NC(=O)C(=O)NN=Cc2ccc(-c3ccc([N+](=O)[O-])cc3C)o2)cc1. The van der Waals surface area contributed by atoms with Crippen molar-refractivity contribution < 1.29 is 23.7 Å². The summed E-state index contributed by atoms with van der Waals surface area (Å²) in [4.78, 5) is 45.3. The minimum absolute atomic E-state index is 0.0192. The Bertz CT molecular complexity index is 1250. The van der Waals surface area contributed by atoms with Gasteiger partial charge in [0.2, 0.25) is 5.91 Å². The summed E-state index contributed by atoms with van der Waals surface area (Å²) in [5.74, 6) is -1.38. The molecule has 0 aliphatic heterocycles. The van der Waals surface area contributed by atoms with E-state index in [0.717, 1.165) is 0 Å². The number of non-ortho nitro benzene ring substituents is 1. The normalized spacial score (nSPS) is 10.6. The third kappa shape index (κ3) is 6.10. The molecule has 0 saturated heterocycles. The van der Waals surface area contributed by atoms with Crippen LogP contribution in [0.25, 0.3) is 11.3 Å². The first-order valence-corrected chi connectivity index (χ1v) is 9.60. The van der Waals surface area contributed by atoms with E-state index in [4.69, 9.17) is 4.42 Å². The Morgan fingerprint density at radius 2 is 1.64 bits per heavy atom. The molecule has 3 aromatic rings. The number of aryl methyl sites for hydroxylation is 1. The van der Waals surface area contributed by atoms with E-state index in [1.54, 1.807) is 37.3 Å². The molecule has 0 aliphatic rings. The second-order valence-corrected chi connectivity index (χ2v) is 6.87. The number of nitrogens with one attached hydrogen (secondary N) is 3. The fraction of sp³-hybridized carbons (Fsp3) is 0.0909. The number of carbonyl (C=O) groups is 3.